The predicted octanol–water partition coefficient (Wildman–Crippen LogP) is 2.43. The summed E-state index contributed by atoms with van der Waals surface area (Å²) in [6.45, 7) is 0.930. The molecule has 0 amide bonds. The Balaban J connectivity index is 1.63. The molecule has 1 fully saturated rings. The summed E-state index contributed by atoms with van der Waals surface area (Å²) in [5.41, 5.74) is 2.59. The molecule has 1 aromatic heterocycles. The number of hydrogen-bond acceptors (Lipinski definition) is 2. The summed E-state index contributed by atoms with van der Waals surface area (Å²) in [5, 5.41) is 4.87. The van der Waals surface area contributed by atoms with E-state index in [-0.39, 0.29) is 0 Å². The van der Waals surface area contributed by atoms with Crippen LogP contribution in [0.3, 0.4) is 0 Å². The zero-order chi connectivity index (χ0) is 11.7. The van der Waals surface area contributed by atoms with Gasteiger partial charge in [0.1, 0.15) is 0 Å². The molecule has 0 bridgehead atoms. The number of nitrogens with one attached hydrogen (secondary N) is 2. The topological polar surface area (TPSA) is 37.0 Å². The molecule has 0 aliphatic heterocycles. The fourth-order valence-corrected chi connectivity index (χ4v) is 2.48. The summed E-state index contributed by atoms with van der Waals surface area (Å²) in [6, 6.07) is 9.16. The third kappa shape index (κ3) is 2.08. The van der Waals surface area contributed by atoms with Gasteiger partial charge < -0.3 is 15.0 Å². The van der Waals surface area contributed by atoms with E-state index in [0.717, 1.165) is 19.4 Å². The highest BCUT2D eigenvalue weighted by Crippen LogP contribution is 2.23. The number of ether oxygens (including phenoxy) is 1. The number of benzene rings is 1. The van der Waals surface area contributed by atoms with E-state index < -0.39 is 0 Å². The van der Waals surface area contributed by atoms with Crippen LogP contribution in [0, 0.1) is 0 Å². The molecule has 0 unspecified atom stereocenters. The Bertz CT molecular complexity index is 500. The minimum atomic E-state index is 0.466. The van der Waals surface area contributed by atoms with Crippen LogP contribution < -0.4 is 5.32 Å². The maximum absolute atomic E-state index is 5.28. The fourth-order valence-electron chi connectivity index (χ4n) is 2.48. The Morgan fingerprint density at radius 3 is 3.06 bits per heavy atom. The third-order valence-electron chi connectivity index (χ3n) is 3.68. The molecule has 1 aromatic carbocycles. The molecular weight excluding hydrogens is 212 g/mol. The van der Waals surface area contributed by atoms with Crippen LogP contribution in [0.5, 0.6) is 0 Å². The van der Waals surface area contributed by atoms with Crippen LogP contribution in [-0.2, 0) is 11.3 Å². The van der Waals surface area contributed by atoms with Crippen LogP contribution in [0.1, 0.15) is 18.4 Å². The number of methoxy groups -OCH3 is 1. The van der Waals surface area contributed by atoms with Gasteiger partial charge >= 0.3 is 0 Å². The summed E-state index contributed by atoms with van der Waals surface area (Å²) in [7, 11) is 1.79. The first-order valence-electron chi connectivity index (χ1n) is 6.18. The number of fused-ring (bicyclic) bond motifs is 1. The maximum Gasteiger partial charge on any atom is 0.0601 e. The van der Waals surface area contributed by atoms with Gasteiger partial charge in [-0.2, -0.15) is 0 Å². The van der Waals surface area contributed by atoms with Crippen molar-refractivity contribution in [3.63, 3.8) is 0 Å². The monoisotopic (exact) mass is 230 g/mol. The van der Waals surface area contributed by atoms with Gasteiger partial charge in [0.25, 0.3) is 0 Å². The molecule has 90 valence electrons. The second kappa shape index (κ2) is 4.51. The lowest BCUT2D eigenvalue weighted by molar-refractivity contribution is 0.0170. The molecule has 0 atom stereocenters. The Hall–Kier alpha value is -1.32. The van der Waals surface area contributed by atoms with Gasteiger partial charge in [-0.05, 0) is 29.9 Å². The smallest absolute Gasteiger partial charge is 0.0601 e. The van der Waals surface area contributed by atoms with Gasteiger partial charge in [0.15, 0.2) is 0 Å². The van der Waals surface area contributed by atoms with Crippen molar-refractivity contribution >= 4 is 10.9 Å². The SMILES string of the molecule is COC1CC(NCc2cccc3cc[nH]c23)C1. The highest BCUT2D eigenvalue weighted by atomic mass is 16.5. The summed E-state index contributed by atoms with van der Waals surface area (Å²) >= 11 is 0. The first-order chi connectivity index (χ1) is 8.36. The molecule has 17 heavy (non-hydrogen) atoms. The van der Waals surface area contributed by atoms with Crippen LogP contribution >= 0.6 is 0 Å². The van der Waals surface area contributed by atoms with Gasteiger partial charge in [-0.15, -0.1) is 0 Å². The number of rotatable bonds is 4. The Kier molecular flexibility index (Phi) is 2.87. The van der Waals surface area contributed by atoms with E-state index in [0.29, 0.717) is 12.1 Å². The lowest BCUT2D eigenvalue weighted by Crippen LogP contribution is -2.44. The van der Waals surface area contributed by atoms with Crippen molar-refractivity contribution in [2.75, 3.05) is 7.11 Å². The molecule has 0 radical (unpaired) electrons. The minimum absolute atomic E-state index is 0.466. The standard InChI is InChI=1S/C14H18N2O/c1-17-13-7-12(8-13)16-9-11-4-2-3-10-5-6-15-14(10)11/h2-6,12-13,15-16H,7-9H2,1H3. The Morgan fingerprint density at radius 1 is 1.35 bits per heavy atom. The number of aromatic nitrogens is 1. The molecule has 2 N–H and O–H groups in total. The van der Waals surface area contributed by atoms with Gasteiger partial charge in [0.2, 0.25) is 0 Å². The normalized spacial score (nSPS) is 23.8. The highest BCUT2D eigenvalue weighted by Gasteiger charge is 2.28. The first-order valence-corrected chi connectivity index (χ1v) is 6.18. The zero-order valence-electron chi connectivity index (χ0n) is 10.1. The van der Waals surface area contributed by atoms with E-state index >= 15 is 0 Å². The van der Waals surface area contributed by atoms with E-state index in [2.05, 4.69) is 34.6 Å². The zero-order valence-corrected chi connectivity index (χ0v) is 10.1. The van der Waals surface area contributed by atoms with Crippen LogP contribution in [0.2, 0.25) is 0 Å². The van der Waals surface area contributed by atoms with Crippen LogP contribution in [0.25, 0.3) is 10.9 Å². The minimum Gasteiger partial charge on any atom is -0.381 e. The molecule has 1 aliphatic rings. The van der Waals surface area contributed by atoms with Crippen molar-refractivity contribution < 1.29 is 4.74 Å². The number of para-hydroxylation sites is 1. The number of H-pyrrole nitrogens is 1. The summed E-state index contributed by atoms with van der Waals surface area (Å²) in [5.74, 6) is 0. The number of aromatic amines is 1. The fraction of sp³-hybridized carbons (Fsp3) is 0.429. The van der Waals surface area contributed by atoms with Crippen molar-refractivity contribution in [2.45, 2.75) is 31.5 Å². The molecule has 3 nitrogen and oxygen atoms in total. The molecule has 3 heteroatoms. The van der Waals surface area contributed by atoms with Crippen LogP contribution in [-0.4, -0.2) is 24.2 Å². The third-order valence-corrected chi connectivity index (χ3v) is 3.68. The van der Waals surface area contributed by atoms with Gasteiger partial charge in [-0.3, -0.25) is 0 Å². The van der Waals surface area contributed by atoms with Gasteiger partial charge in [-0.1, -0.05) is 18.2 Å². The van der Waals surface area contributed by atoms with Crippen LogP contribution in [0.4, 0.5) is 0 Å². The predicted molar refractivity (Wildman–Crippen MR) is 69.0 cm³/mol. The highest BCUT2D eigenvalue weighted by molar-refractivity contribution is 5.82. The average Bonchev–Trinajstić information content (AvgIpc) is 2.76. The summed E-state index contributed by atoms with van der Waals surface area (Å²) in [4.78, 5) is 3.30. The van der Waals surface area contributed by atoms with E-state index in [1.807, 2.05) is 6.20 Å². The number of hydrogen-bond donors (Lipinski definition) is 2. The molecule has 2 aromatic rings. The van der Waals surface area contributed by atoms with E-state index in [9.17, 15) is 0 Å². The lowest BCUT2D eigenvalue weighted by atomic mass is 9.89. The van der Waals surface area contributed by atoms with Gasteiger partial charge in [-0.25, -0.2) is 0 Å². The molecule has 0 saturated heterocycles. The molecule has 1 aliphatic carbocycles. The molecule has 1 saturated carbocycles. The molecule has 3 rings (SSSR count). The van der Waals surface area contributed by atoms with Crippen molar-refractivity contribution in [2.24, 2.45) is 0 Å². The van der Waals surface area contributed by atoms with Gasteiger partial charge in [0, 0.05) is 31.4 Å². The lowest BCUT2D eigenvalue weighted by Gasteiger charge is -2.34. The van der Waals surface area contributed by atoms with Crippen LogP contribution in [0.15, 0.2) is 30.5 Å². The summed E-state index contributed by atoms with van der Waals surface area (Å²) < 4.78 is 5.28. The van der Waals surface area contributed by atoms with Crippen molar-refractivity contribution in [3.05, 3.63) is 36.0 Å². The van der Waals surface area contributed by atoms with E-state index in [1.165, 1.54) is 16.5 Å². The molecule has 0 spiro atoms. The molecular formula is C14H18N2O. The maximum atomic E-state index is 5.28. The van der Waals surface area contributed by atoms with Gasteiger partial charge in [0.05, 0.1) is 6.10 Å². The van der Waals surface area contributed by atoms with Crippen molar-refractivity contribution in [1.82, 2.24) is 10.3 Å². The van der Waals surface area contributed by atoms with Crippen molar-refractivity contribution in [3.8, 4) is 0 Å². The summed E-state index contributed by atoms with van der Waals surface area (Å²) in [6.07, 6.45) is 4.74. The second-order valence-corrected chi connectivity index (χ2v) is 4.77. The average molecular weight is 230 g/mol. The second-order valence-electron chi connectivity index (χ2n) is 4.77. The van der Waals surface area contributed by atoms with Crippen molar-refractivity contribution in [1.29, 1.82) is 0 Å². The van der Waals surface area contributed by atoms with E-state index in [4.69, 9.17) is 4.74 Å². The largest absolute Gasteiger partial charge is 0.381 e. The molecule has 1 heterocycles. The first kappa shape index (κ1) is 10.8. The Morgan fingerprint density at radius 2 is 2.24 bits per heavy atom. The Labute approximate surface area is 101 Å². The van der Waals surface area contributed by atoms with E-state index in [1.54, 1.807) is 7.11 Å². The quantitative estimate of drug-likeness (QED) is 0.846.